The van der Waals surface area contributed by atoms with Gasteiger partial charge in [-0.3, -0.25) is 4.79 Å². The fraction of sp³-hybridized carbons (Fsp3) is 0.462. The van der Waals surface area contributed by atoms with Gasteiger partial charge >= 0.3 is 0 Å². The van der Waals surface area contributed by atoms with Crippen molar-refractivity contribution >= 4 is 21.8 Å². The second-order valence-electron chi connectivity index (χ2n) is 4.47. The minimum absolute atomic E-state index is 0.0271. The SMILES string of the molecule is O=C(c1cccc2c1OCCO2)N1CCC(Br)C1. The van der Waals surface area contributed by atoms with E-state index in [1.807, 2.05) is 17.0 Å². The zero-order valence-electron chi connectivity index (χ0n) is 9.89. The molecule has 1 aromatic carbocycles. The number of halogens is 1. The van der Waals surface area contributed by atoms with E-state index in [2.05, 4.69) is 15.9 Å². The number of hydrogen-bond donors (Lipinski definition) is 0. The third kappa shape index (κ3) is 2.07. The van der Waals surface area contributed by atoms with E-state index in [0.717, 1.165) is 19.5 Å². The molecule has 18 heavy (non-hydrogen) atoms. The highest BCUT2D eigenvalue weighted by Gasteiger charge is 2.28. The third-order valence-electron chi connectivity index (χ3n) is 3.21. The summed E-state index contributed by atoms with van der Waals surface area (Å²) in [5, 5.41) is 0. The third-order valence-corrected chi connectivity index (χ3v) is 3.96. The zero-order valence-corrected chi connectivity index (χ0v) is 11.5. The molecule has 0 radical (unpaired) electrons. The summed E-state index contributed by atoms with van der Waals surface area (Å²) in [6.45, 7) is 2.58. The van der Waals surface area contributed by atoms with E-state index in [-0.39, 0.29) is 5.91 Å². The van der Waals surface area contributed by atoms with Gasteiger partial charge in [-0.2, -0.15) is 0 Å². The Bertz CT molecular complexity index is 477. The molecule has 1 saturated heterocycles. The number of ether oxygens (including phenoxy) is 2. The molecule has 0 aliphatic carbocycles. The second-order valence-corrected chi connectivity index (χ2v) is 5.76. The predicted molar refractivity (Wildman–Crippen MR) is 70.7 cm³/mol. The minimum atomic E-state index is 0.0271. The molecular weight excluding hydrogens is 298 g/mol. The van der Waals surface area contributed by atoms with E-state index in [9.17, 15) is 4.79 Å². The summed E-state index contributed by atoms with van der Waals surface area (Å²) >= 11 is 3.54. The predicted octanol–water partition coefficient (Wildman–Crippen LogP) is 2.07. The maximum absolute atomic E-state index is 12.4. The topological polar surface area (TPSA) is 38.8 Å². The summed E-state index contributed by atoms with van der Waals surface area (Å²) in [5.74, 6) is 1.28. The van der Waals surface area contributed by atoms with Crippen LogP contribution in [0.3, 0.4) is 0 Å². The summed E-state index contributed by atoms with van der Waals surface area (Å²) in [7, 11) is 0. The van der Waals surface area contributed by atoms with Crippen LogP contribution in [0.2, 0.25) is 0 Å². The summed E-state index contributed by atoms with van der Waals surface area (Å²) in [5.41, 5.74) is 0.605. The number of benzene rings is 1. The molecular formula is C13H14BrNO3. The number of para-hydroxylation sites is 1. The normalized spacial score (nSPS) is 22.1. The van der Waals surface area contributed by atoms with Crippen molar-refractivity contribution in [2.24, 2.45) is 0 Å². The first-order valence-electron chi connectivity index (χ1n) is 6.07. The number of hydrogen-bond acceptors (Lipinski definition) is 3. The molecule has 2 aliphatic rings. The molecule has 0 aromatic heterocycles. The Hall–Kier alpha value is -1.23. The second kappa shape index (κ2) is 4.80. The highest BCUT2D eigenvalue weighted by molar-refractivity contribution is 9.09. The standard InChI is InChI=1S/C13H14BrNO3/c14-9-4-5-15(8-9)13(16)10-2-1-3-11-12(10)18-7-6-17-11/h1-3,9H,4-8H2. The van der Waals surface area contributed by atoms with E-state index in [4.69, 9.17) is 9.47 Å². The van der Waals surface area contributed by atoms with Crippen molar-refractivity contribution in [1.82, 2.24) is 4.90 Å². The van der Waals surface area contributed by atoms with Crippen LogP contribution in [-0.4, -0.2) is 41.9 Å². The van der Waals surface area contributed by atoms with Crippen molar-refractivity contribution in [3.63, 3.8) is 0 Å². The maximum Gasteiger partial charge on any atom is 0.257 e. The Balaban J connectivity index is 1.90. The molecule has 1 fully saturated rings. The van der Waals surface area contributed by atoms with E-state index in [1.165, 1.54) is 0 Å². The van der Waals surface area contributed by atoms with Crippen LogP contribution in [0.25, 0.3) is 0 Å². The summed E-state index contributed by atoms with van der Waals surface area (Å²) in [6.07, 6.45) is 0.998. The van der Waals surface area contributed by atoms with E-state index < -0.39 is 0 Å². The van der Waals surface area contributed by atoms with Crippen LogP contribution in [0.4, 0.5) is 0 Å². The van der Waals surface area contributed by atoms with Crippen LogP contribution in [-0.2, 0) is 0 Å². The molecule has 0 spiro atoms. The highest BCUT2D eigenvalue weighted by Crippen LogP contribution is 2.34. The Morgan fingerprint density at radius 3 is 2.94 bits per heavy atom. The first-order valence-corrected chi connectivity index (χ1v) is 6.99. The van der Waals surface area contributed by atoms with Gasteiger partial charge < -0.3 is 14.4 Å². The van der Waals surface area contributed by atoms with Gasteiger partial charge in [0.05, 0.1) is 5.56 Å². The van der Waals surface area contributed by atoms with Gasteiger partial charge in [0.1, 0.15) is 13.2 Å². The maximum atomic E-state index is 12.4. The van der Waals surface area contributed by atoms with Crippen molar-refractivity contribution in [2.45, 2.75) is 11.2 Å². The number of fused-ring (bicyclic) bond motifs is 1. The molecule has 0 bridgehead atoms. The number of amides is 1. The fourth-order valence-corrected chi connectivity index (χ4v) is 2.87. The lowest BCUT2D eigenvalue weighted by Gasteiger charge is -2.23. The van der Waals surface area contributed by atoms with Gasteiger partial charge in [0.25, 0.3) is 5.91 Å². The fourth-order valence-electron chi connectivity index (χ4n) is 2.31. The molecule has 2 aliphatic heterocycles. The average Bonchev–Trinajstić information content (AvgIpc) is 2.84. The summed E-state index contributed by atoms with van der Waals surface area (Å²) in [6, 6.07) is 5.47. The van der Waals surface area contributed by atoms with Crippen LogP contribution >= 0.6 is 15.9 Å². The Morgan fingerprint density at radius 1 is 1.33 bits per heavy atom. The van der Waals surface area contributed by atoms with Gasteiger partial charge in [-0.05, 0) is 18.6 Å². The molecule has 1 unspecified atom stereocenters. The molecule has 1 amide bonds. The molecule has 5 heteroatoms. The molecule has 4 nitrogen and oxygen atoms in total. The molecule has 0 saturated carbocycles. The lowest BCUT2D eigenvalue weighted by atomic mass is 10.1. The Kier molecular flexibility index (Phi) is 3.16. The molecule has 1 aromatic rings. The van der Waals surface area contributed by atoms with Crippen LogP contribution in [0.1, 0.15) is 16.8 Å². The number of carbonyl (C=O) groups is 1. The van der Waals surface area contributed by atoms with Crippen LogP contribution in [0, 0.1) is 0 Å². The van der Waals surface area contributed by atoms with Crippen LogP contribution in [0.15, 0.2) is 18.2 Å². The lowest BCUT2D eigenvalue weighted by Crippen LogP contribution is -2.30. The Morgan fingerprint density at radius 2 is 2.17 bits per heavy atom. The highest BCUT2D eigenvalue weighted by atomic mass is 79.9. The zero-order chi connectivity index (χ0) is 12.5. The summed E-state index contributed by atoms with van der Waals surface area (Å²) < 4.78 is 11.1. The smallest absolute Gasteiger partial charge is 0.257 e. The first kappa shape index (κ1) is 11.8. The summed E-state index contributed by atoms with van der Waals surface area (Å²) in [4.78, 5) is 14.7. The van der Waals surface area contributed by atoms with E-state index in [1.54, 1.807) is 6.07 Å². The largest absolute Gasteiger partial charge is 0.486 e. The quantitative estimate of drug-likeness (QED) is 0.745. The van der Waals surface area contributed by atoms with Gasteiger partial charge in [-0.1, -0.05) is 22.0 Å². The van der Waals surface area contributed by atoms with Crippen molar-refractivity contribution in [3.8, 4) is 11.5 Å². The molecule has 96 valence electrons. The van der Waals surface area contributed by atoms with Gasteiger partial charge in [0.15, 0.2) is 11.5 Å². The molecule has 3 rings (SSSR count). The molecule has 2 heterocycles. The Labute approximate surface area is 114 Å². The van der Waals surface area contributed by atoms with Crippen molar-refractivity contribution < 1.29 is 14.3 Å². The minimum Gasteiger partial charge on any atom is -0.486 e. The van der Waals surface area contributed by atoms with Gasteiger partial charge in [0.2, 0.25) is 0 Å². The van der Waals surface area contributed by atoms with Gasteiger partial charge in [0, 0.05) is 17.9 Å². The molecule has 1 atom stereocenters. The lowest BCUT2D eigenvalue weighted by molar-refractivity contribution is 0.0782. The monoisotopic (exact) mass is 311 g/mol. The number of alkyl halides is 1. The van der Waals surface area contributed by atoms with Gasteiger partial charge in [-0.25, -0.2) is 0 Å². The first-order chi connectivity index (χ1) is 8.75. The van der Waals surface area contributed by atoms with Crippen LogP contribution in [0.5, 0.6) is 11.5 Å². The van der Waals surface area contributed by atoms with Crippen molar-refractivity contribution in [3.05, 3.63) is 23.8 Å². The van der Waals surface area contributed by atoms with Crippen molar-refractivity contribution in [2.75, 3.05) is 26.3 Å². The van der Waals surface area contributed by atoms with Crippen LogP contribution < -0.4 is 9.47 Å². The molecule has 0 N–H and O–H groups in total. The average molecular weight is 312 g/mol. The van der Waals surface area contributed by atoms with E-state index >= 15 is 0 Å². The number of nitrogens with zero attached hydrogens (tertiary/aromatic N) is 1. The number of carbonyl (C=O) groups excluding carboxylic acids is 1. The number of rotatable bonds is 1. The van der Waals surface area contributed by atoms with E-state index in [0.29, 0.717) is 35.1 Å². The number of likely N-dealkylation sites (tertiary alicyclic amines) is 1. The van der Waals surface area contributed by atoms with Gasteiger partial charge in [-0.15, -0.1) is 0 Å². The van der Waals surface area contributed by atoms with Crippen molar-refractivity contribution in [1.29, 1.82) is 0 Å².